The van der Waals surface area contributed by atoms with E-state index in [0.717, 1.165) is 19.5 Å². The molecule has 1 amide bonds. The fourth-order valence-electron chi connectivity index (χ4n) is 2.49. The molecule has 1 aliphatic rings. The van der Waals surface area contributed by atoms with Crippen molar-refractivity contribution in [3.8, 4) is 0 Å². The Morgan fingerprint density at radius 3 is 3.00 bits per heavy atom. The molecule has 1 aromatic carbocycles. The summed E-state index contributed by atoms with van der Waals surface area (Å²) in [6.07, 6.45) is 2.28. The monoisotopic (exact) mass is 250 g/mol. The third-order valence-electron chi connectivity index (χ3n) is 3.52. The van der Waals surface area contributed by atoms with E-state index >= 15 is 0 Å². The summed E-state index contributed by atoms with van der Waals surface area (Å²) in [6.45, 7) is 4.81. The van der Waals surface area contributed by atoms with Crippen LogP contribution in [0.25, 0.3) is 0 Å². The molecule has 0 unspecified atom stereocenters. The predicted molar refractivity (Wildman–Crippen MR) is 69.0 cm³/mol. The van der Waals surface area contributed by atoms with Gasteiger partial charge in [-0.15, -0.1) is 0 Å². The lowest BCUT2D eigenvalue weighted by Gasteiger charge is -2.22. The maximum Gasteiger partial charge on any atom is 0.254 e. The van der Waals surface area contributed by atoms with Crippen molar-refractivity contribution in [1.82, 2.24) is 10.2 Å². The molecule has 1 saturated heterocycles. The SMILES string of the molecule is CCN1CCC[C@@H]1CNC(=O)c1ccccc1F. The molecule has 18 heavy (non-hydrogen) atoms. The first-order valence-electron chi connectivity index (χ1n) is 6.49. The highest BCUT2D eigenvalue weighted by atomic mass is 19.1. The van der Waals surface area contributed by atoms with Gasteiger partial charge in [-0.25, -0.2) is 4.39 Å². The summed E-state index contributed by atoms with van der Waals surface area (Å²) >= 11 is 0. The van der Waals surface area contributed by atoms with Gasteiger partial charge < -0.3 is 5.32 Å². The highest BCUT2D eigenvalue weighted by molar-refractivity contribution is 5.94. The molecule has 1 aromatic rings. The Balaban J connectivity index is 1.91. The third kappa shape index (κ3) is 2.88. The van der Waals surface area contributed by atoms with Crippen LogP contribution >= 0.6 is 0 Å². The molecule has 0 radical (unpaired) electrons. The van der Waals surface area contributed by atoms with E-state index in [9.17, 15) is 9.18 Å². The molecular formula is C14H19FN2O. The molecule has 1 N–H and O–H groups in total. The lowest BCUT2D eigenvalue weighted by atomic mass is 10.2. The Kier molecular flexibility index (Phi) is 4.31. The van der Waals surface area contributed by atoms with Crippen molar-refractivity contribution >= 4 is 5.91 Å². The van der Waals surface area contributed by atoms with Crippen LogP contribution in [-0.4, -0.2) is 36.5 Å². The molecule has 1 atom stereocenters. The lowest BCUT2D eigenvalue weighted by molar-refractivity contribution is 0.0937. The predicted octanol–water partition coefficient (Wildman–Crippen LogP) is 2.04. The smallest absolute Gasteiger partial charge is 0.254 e. The van der Waals surface area contributed by atoms with E-state index < -0.39 is 5.82 Å². The number of hydrogen-bond donors (Lipinski definition) is 1. The van der Waals surface area contributed by atoms with Gasteiger partial charge in [-0.3, -0.25) is 9.69 Å². The minimum atomic E-state index is -0.464. The fourth-order valence-corrected chi connectivity index (χ4v) is 2.49. The zero-order valence-corrected chi connectivity index (χ0v) is 10.7. The number of benzene rings is 1. The van der Waals surface area contributed by atoms with E-state index in [2.05, 4.69) is 17.1 Å². The zero-order chi connectivity index (χ0) is 13.0. The Hall–Kier alpha value is -1.42. The molecule has 0 aliphatic carbocycles. The molecular weight excluding hydrogens is 231 g/mol. The first-order valence-corrected chi connectivity index (χ1v) is 6.49. The molecule has 4 heteroatoms. The maximum atomic E-state index is 13.4. The number of likely N-dealkylation sites (N-methyl/N-ethyl adjacent to an activating group) is 1. The van der Waals surface area contributed by atoms with Crippen LogP contribution < -0.4 is 5.32 Å². The standard InChI is InChI=1S/C14H19FN2O/c1-2-17-9-5-6-11(17)10-16-14(18)12-7-3-4-8-13(12)15/h3-4,7-8,11H,2,5-6,9-10H2,1H3,(H,16,18)/t11-/m1/s1. The minimum absolute atomic E-state index is 0.124. The number of nitrogens with zero attached hydrogens (tertiary/aromatic N) is 1. The summed E-state index contributed by atoms with van der Waals surface area (Å²) < 4.78 is 13.4. The third-order valence-corrected chi connectivity index (χ3v) is 3.52. The number of amides is 1. The molecule has 0 saturated carbocycles. The van der Waals surface area contributed by atoms with Gasteiger partial charge in [-0.1, -0.05) is 19.1 Å². The largest absolute Gasteiger partial charge is 0.350 e. The van der Waals surface area contributed by atoms with Gasteiger partial charge in [0, 0.05) is 12.6 Å². The van der Waals surface area contributed by atoms with Crippen molar-refractivity contribution < 1.29 is 9.18 Å². The van der Waals surface area contributed by atoms with Gasteiger partial charge in [-0.05, 0) is 38.1 Å². The fraction of sp³-hybridized carbons (Fsp3) is 0.500. The highest BCUT2D eigenvalue weighted by Crippen LogP contribution is 2.15. The lowest BCUT2D eigenvalue weighted by Crippen LogP contribution is -2.40. The van der Waals surface area contributed by atoms with Crippen molar-refractivity contribution in [3.63, 3.8) is 0 Å². The number of nitrogens with one attached hydrogen (secondary N) is 1. The molecule has 2 rings (SSSR count). The van der Waals surface area contributed by atoms with E-state index in [1.807, 2.05) is 0 Å². The van der Waals surface area contributed by atoms with E-state index in [-0.39, 0.29) is 11.5 Å². The van der Waals surface area contributed by atoms with E-state index in [0.29, 0.717) is 12.6 Å². The van der Waals surface area contributed by atoms with E-state index in [1.54, 1.807) is 12.1 Å². The number of likely N-dealkylation sites (tertiary alicyclic amines) is 1. The van der Waals surface area contributed by atoms with Gasteiger partial charge in [0.25, 0.3) is 5.91 Å². The molecule has 0 spiro atoms. The van der Waals surface area contributed by atoms with Crippen LogP contribution in [0, 0.1) is 5.82 Å². The van der Waals surface area contributed by atoms with Crippen LogP contribution in [0.3, 0.4) is 0 Å². The summed E-state index contributed by atoms with van der Waals surface area (Å²) in [4.78, 5) is 14.2. The number of carbonyl (C=O) groups is 1. The van der Waals surface area contributed by atoms with Crippen molar-refractivity contribution in [2.24, 2.45) is 0 Å². The van der Waals surface area contributed by atoms with Gasteiger partial charge in [0.15, 0.2) is 0 Å². The minimum Gasteiger partial charge on any atom is -0.350 e. The number of rotatable bonds is 4. The number of halogens is 1. The summed E-state index contributed by atoms with van der Waals surface area (Å²) in [5.74, 6) is -0.787. The van der Waals surface area contributed by atoms with Crippen LogP contribution in [0.1, 0.15) is 30.1 Å². The Bertz CT molecular complexity index is 422. The van der Waals surface area contributed by atoms with Gasteiger partial charge >= 0.3 is 0 Å². The molecule has 3 nitrogen and oxygen atoms in total. The number of carbonyl (C=O) groups excluding carboxylic acids is 1. The zero-order valence-electron chi connectivity index (χ0n) is 10.7. The van der Waals surface area contributed by atoms with Crippen molar-refractivity contribution in [2.75, 3.05) is 19.6 Å². The second-order valence-corrected chi connectivity index (χ2v) is 4.61. The highest BCUT2D eigenvalue weighted by Gasteiger charge is 2.23. The van der Waals surface area contributed by atoms with Gasteiger partial charge in [0.05, 0.1) is 5.56 Å². The van der Waals surface area contributed by atoms with Crippen LogP contribution in [0.4, 0.5) is 4.39 Å². The van der Waals surface area contributed by atoms with Crippen molar-refractivity contribution in [2.45, 2.75) is 25.8 Å². The van der Waals surface area contributed by atoms with Crippen molar-refractivity contribution in [3.05, 3.63) is 35.6 Å². The Morgan fingerprint density at radius 2 is 2.28 bits per heavy atom. The molecule has 1 heterocycles. The molecule has 1 fully saturated rings. The normalized spacial score (nSPS) is 20.0. The first kappa shape index (κ1) is 13.0. The average Bonchev–Trinajstić information content (AvgIpc) is 2.84. The molecule has 0 bridgehead atoms. The van der Waals surface area contributed by atoms with Crippen LogP contribution in [-0.2, 0) is 0 Å². The maximum absolute atomic E-state index is 13.4. The summed E-state index contributed by atoms with van der Waals surface area (Å²) in [7, 11) is 0. The van der Waals surface area contributed by atoms with Crippen LogP contribution in [0.2, 0.25) is 0 Å². The van der Waals surface area contributed by atoms with E-state index in [1.165, 1.54) is 18.6 Å². The second-order valence-electron chi connectivity index (χ2n) is 4.61. The topological polar surface area (TPSA) is 32.3 Å². The van der Waals surface area contributed by atoms with Gasteiger partial charge in [0.2, 0.25) is 0 Å². The number of hydrogen-bond acceptors (Lipinski definition) is 2. The Morgan fingerprint density at radius 1 is 1.50 bits per heavy atom. The summed E-state index contributed by atoms with van der Waals surface area (Å²) in [5, 5.41) is 2.83. The average molecular weight is 250 g/mol. The molecule has 98 valence electrons. The van der Waals surface area contributed by atoms with Gasteiger partial charge in [0.1, 0.15) is 5.82 Å². The van der Waals surface area contributed by atoms with Gasteiger partial charge in [-0.2, -0.15) is 0 Å². The van der Waals surface area contributed by atoms with Crippen LogP contribution in [0.5, 0.6) is 0 Å². The molecule has 0 aromatic heterocycles. The van der Waals surface area contributed by atoms with Crippen LogP contribution in [0.15, 0.2) is 24.3 Å². The van der Waals surface area contributed by atoms with Crippen molar-refractivity contribution in [1.29, 1.82) is 0 Å². The van der Waals surface area contributed by atoms with E-state index in [4.69, 9.17) is 0 Å². The quantitative estimate of drug-likeness (QED) is 0.887. The second kappa shape index (κ2) is 5.96. The first-order chi connectivity index (χ1) is 8.72. The summed E-state index contributed by atoms with van der Waals surface area (Å²) in [6, 6.07) is 6.47. The molecule has 1 aliphatic heterocycles. The summed E-state index contributed by atoms with van der Waals surface area (Å²) in [5.41, 5.74) is 0.124. The Labute approximate surface area is 107 Å².